The Bertz CT molecular complexity index is 1440. The summed E-state index contributed by atoms with van der Waals surface area (Å²) in [6.45, 7) is 6.32. The highest BCUT2D eigenvalue weighted by Crippen LogP contribution is 2.51. The van der Waals surface area contributed by atoms with Crippen molar-refractivity contribution in [2.24, 2.45) is 0 Å². The molecular formula is C30H37N7O3S. The van der Waals surface area contributed by atoms with Gasteiger partial charge in [-0.25, -0.2) is 19.7 Å². The number of nitrogen functional groups attached to an aromatic ring is 1. The van der Waals surface area contributed by atoms with Gasteiger partial charge >= 0.3 is 6.03 Å². The van der Waals surface area contributed by atoms with Gasteiger partial charge in [0.1, 0.15) is 0 Å². The lowest BCUT2D eigenvalue weighted by Gasteiger charge is -2.33. The first-order valence-electron chi connectivity index (χ1n) is 14.4. The number of nitrogens with zero attached hydrogens (tertiary/aromatic N) is 5. The van der Waals surface area contributed by atoms with E-state index in [2.05, 4.69) is 27.2 Å². The first kappa shape index (κ1) is 28.8. The van der Waals surface area contributed by atoms with Crippen LogP contribution in [0.1, 0.15) is 92.7 Å². The molecule has 3 amide bonds. The zero-order chi connectivity index (χ0) is 29.1. The molecule has 3 aromatic heterocycles. The number of carbonyl (C=O) groups excluding carboxylic acids is 2. The van der Waals surface area contributed by atoms with Gasteiger partial charge in [-0.3, -0.25) is 9.78 Å². The van der Waals surface area contributed by atoms with Crippen molar-refractivity contribution in [3.63, 3.8) is 0 Å². The SMILES string of the molecule is CC.CCSc1ccc(CNC(=O)N2C(=O)c3ccc(-c4c(OC)nc(N)nc4C4CC4)nc3C23CCCC3)nc1. The number of methoxy groups -OCH3 is 1. The highest BCUT2D eigenvalue weighted by atomic mass is 32.2. The first-order chi connectivity index (χ1) is 19.9. The van der Waals surface area contributed by atoms with Gasteiger partial charge in [0.2, 0.25) is 11.8 Å². The van der Waals surface area contributed by atoms with Crippen molar-refractivity contribution in [3.05, 3.63) is 53.1 Å². The minimum Gasteiger partial charge on any atom is -0.480 e. The number of nitrogens with one attached hydrogen (secondary N) is 1. The van der Waals surface area contributed by atoms with E-state index in [1.807, 2.05) is 32.2 Å². The lowest BCUT2D eigenvalue weighted by molar-refractivity contribution is 0.0654. The van der Waals surface area contributed by atoms with Gasteiger partial charge in [-0.1, -0.05) is 33.6 Å². The number of nitrogens with two attached hydrogens (primary N) is 1. The zero-order valence-corrected chi connectivity index (χ0v) is 24.9. The molecule has 0 radical (unpaired) electrons. The van der Waals surface area contributed by atoms with Gasteiger partial charge in [0.15, 0.2) is 0 Å². The van der Waals surface area contributed by atoms with Crippen LogP contribution in [0.25, 0.3) is 11.3 Å². The van der Waals surface area contributed by atoms with Crippen LogP contribution in [0.15, 0.2) is 35.4 Å². The van der Waals surface area contributed by atoms with Crippen molar-refractivity contribution in [1.29, 1.82) is 0 Å². The maximum Gasteiger partial charge on any atom is 0.325 e. The molecule has 0 saturated heterocycles. The maximum atomic E-state index is 13.7. The van der Waals surface area contributed by atoms with E-state index in [9.17, 15) is 9.59 Å². The van der Waals surface area contributed by atoms with E-state index in [0.717, 1.165) is 47.7 Å². The van der Waals surface area contributed by atoms with E-state index < -0.39 is 11.6 Å². The van der Waals surface area contributed by atoms with Gasteiger partial charge in [-0.2, -0.15) is 4.98 Å². The Hall–Kier alpha value is -3.73. The normalized spacial score (nSPS) is 16.8. The van der Waals surface area contributed by atoms with Gasteiger partial charge in [0, 0.05) is 17.0 Å². The van der Waals surface area contributed by atoms with Crippen LogP contribution >= 0.6 is 11.8 Å². The number of fused-ring (bicyclic) bond motifs is 2. The van der Waals surface area contributed by atoms with E-state index in [4.69, 9.17) is 15.5 Å². The summed E-state index contributed by atoms with van der Waals surface area (Å²) in [6, 6.07) is 7.03. The third kappa shape index (κ3) is 5.35. The van der Waals surface area contributed by atoms with Crippen LogP contribution in [-0.2, 0) is 12.1 Å². The fourth-order valence-electron chi connectivity index (χ4n) is 5.78. The molecule has 6 rings (SSSR count). The number of rotatable bonds is 7. The quantitative estimate of drug-likeness (QED) is 0.341. The summed E-state index contributed by atoms with van der Waals surface area (Å²) in [4.78, 5) is 48.0. The van der Waals surface area contributed by atoms with Crippen LogP contribution in [0.3, 0.4) is 0 Å². The Morgan fingerprint density at radius 3 is 2.54 bits per heavy atom. The molecule has 2 saturated carbocycles. The Kier molecular flexibility index (Phi) is 8.44. The Morgan fingerprint density at radius 2 is 1.90 bits per heavy atom. The number of hydrogen-bond acceptors (Lipinski definition) is 9. The van der Waals surface area contributed by atoms with E-state index in [1.165, 1.54) is 4.90 Å². The van der Waals surface area contributed by atoms with Crippen molar-refractivity contribution in [3.8, 4) is 17.1 Å². The average Bonchev–Trinajstić information content (AvgIpc) is 3.69. The van der Waals surface area contributed by atoms with Gasteiger partial charge in [0.05, 0.1) is 53.1 Å². The summed E-state index contributed by atoms with van der Waals surface area (Å²) in [5.74, 6) is 1.45. The first-order valence-corrected chi connectivity index (χ1v) is 15.4. The van der Waals surface area contributed by atoms with Crippen molar-refractivity contribution in [1.82, 2.24) is 30.2 Å². The van der Waals surface area contributed by atoms with Crippen LogP contribution in [0.4, 0.5) is 10.7 Å². The number of aromatic nitrogens is 4. The molecular weight excluding hydrogens is 538 g/mol. The van der Waals surface area contributed by atoms with E-state index >= 15 is 0 Å². The van der Waals surface area contributed by atoms with Crippen LogP contribution in [0.5, 0.6) is 5.88 Å². The number of pyridine rings is 2. The molecule has 41 heavy (non-hydrogen) atoms. The van der Waals surface area contributed by atoms with Crippen molar-refractivity contribution in [2.45, 2.75) is 82.2 Å². The van der Waals surface area contributed by atoms with Crippen LogP contribution in [-0.4, -0.2) is 49.6 Å². The lowest BCUT2D eigenvalue weighted by atomic mass is 9.92. The summed E-state index contributed by atoms with van der Waals surface area (Å²) in [5.41, 5.74) is 9.16. The fourth-order valence-corrected chi connectivity index (χ4v) is 6.41. The highest BCUT2D eigenvalue weighted by Gasteiger charge is 2.55. The molecule has 0 atom stereocenters. The van der Waals surface area contributed by atoms with Crippen molar-refractivity contribution in [2.75, 3.05) is 18.6 Å². The van der Waals surface area contributed by atoms with Crippen molar-refractivity contribution >= 4 is 29.6 Å². The van der Waals surface area contributed by atoms with Crippen molar-refractivity contribution < 1.29 is 14.3 Å². The highest BCUT2D eigenvalue weighted by molar-refractivity contribution is 7.99. The zero-order valence-electron chi connectivity index (χ0n) is 24.1. The number of carbonyl (C=O) groups is 2. The van der Waals surface area contributed by atoms with Crippen LogP contribution in [0.2, 0.25) is 0 Å². The molecule has 1 spiro atoms. The fraction of sp³-hybridized carbons (Fsp3) is 0.467. The number of hydrogen-bond donors (Lipinski definition) is 2. The number of thioether (sulfide) groups is 1. The van der Waals surface area contributed by atoms with Gasteiger partial charge < -0.3 is 15.8 Å². The number of amides is 3. The maximum absolute atomic E-state index is 13.7. The molecule has 3 N–H and O–H groups in total. The third-order valence-electron chi connectivity index (χ3n) is 7.70. The predicted molar refractivity (Wildman–Crippen MR) is 159 cm³/mol. The summed E-state index contributed by atoms with van der Waals surface area (Å²) in [5, 5.41) is 2.93. The molecule has 4 heterocycles. The Labute approximate surface area is 244 Å². The number of urea groups is 1. The molecule has 0 bridgehead atoms. The monoisotopic (exact) mass is 575 g/mol. The minimum atomic E-state index is -0.788. The van der Waals surface area contributed by atoms with E-state index in [-0.39, 0.29) is 24.3 Å². The summed E-state index contributed by atoms with van der Waals surface area (Å²) >= 11 is 1.71. The minimum absolute atomic E-state index is 0.164. The van der Waals surface area contributed by atoms with Gasteiger partial charge in [0.25, 0.3) is 5.91 Å². The topological polar surface area (TPSA) is 136 Å². The summed E-state index contributed by atoms with van der Waals surface area (Å²) < 4.78 is 5.59. The second-order valence-electron chi connectivity index (χ2n) is 10.2. The average molecular weight is 576 g/mol. The molecule has 0 unspecified atom stereocenters. The molecule has 3 aliphatic rings. The van der Waals surface area contributed by atoms with Crippen LogP contribution < -0.4 is 15.8 Å². The predicted octanol–water partition coefficient (Wildman–Crippen LogP) is 5.67. The second-order valence-corrected chi connectivity index (χ2v) is 11.5. The molecule has 11 heteroatoms. The number of ether oxygens (including phenoxy) is 1. The largest absolute Gasteiger partial charge is 0.480 e. The molecule has 3 aromatic rings. The molecule has 2 fully saturated rings. The number of imide groups is 1. The Morgan fingerprint density at radius 1 is 1.15 bits per heavy atom. The van der Waals surface area contributed by atoms with E-state index in [1.54, 1.807) is 31.0 Å². The number of anilines is 1. The second kappa shape index (κ2) is 12.0. The molecule has 216 valence electrons. The smallest absolute Gasteiger partial charge is 0.325 e. The molecule has 1 aliphatic heterocycles. The van der Waals surface area contributed by atoms with Crippen LogP contribution in [0, 0.1) is 0 Å². The van der Waals surface area contributed by atoms with E-state index in [0.29, 0.717) is 41.2 Å². The van der Waals surface area contributed by atoms with Gasteiger partial charge in [-0.15, -0.1) is 11.8 Å². The summed E-state index contributed by atoms with van der Waals surface area (Å²) in [7, 11) is 1.55. The third-order valence-corrected chi connectivity index (χ3v) is 8.56. The Balaban J connectivity index is 0.00000165. The standard InChI is InChI=1S/C28H31N7O3S.C2H6/c1-3-39-18-9-8-17(30-15-18)14-31-27(37)35-25(36)19-10-11-20(32-23(19)28(35)12-4-5-13-28)21-22(16-6-7-16)33-26(29)34-24(21)38-2;1-2/h8-11,15-16H,3-7,12-14H2,1-2H3,(H,31,37)(H2,29,33,34);1-2H3. The summed E-state index contributed by atoms with van der Waals surface area (Å²) in [6.07, 6.45) is 6.99. The molecule has 2 aliphatic carbocycles. The van der Waals surface area contributed by atoms with Gasteiger partial charge in [-0.05, 0) is 55.7 Å². The lowest BCUT2D eigenvalue weighted by Crippen LogP contribution is -2.50. The molecule has 10 nitrogen and oxygen atoms in total. The molecule has 0 aromatic carbocycles.